The highest BCUT2D eigenvalue weighted by molar-refractivity contribution is 5.92. The van der Waals surface area contributed by atoms with Crippen molar-refractivity contribution in [3.63, 3.8) is 0 Å². The number of nitriles is 1. The molecule has 0 aliphatic carbocycles. The van der Waals surface area contributed by atoms with Gasteiger partial charge in [0.2, 0.25) is 5.91 Å². The van der Waals surface area contributed by atoms with Gasteiger partial charge in [-0.1, -0.05) is 25.1 Å². The predicted molar refractivity (Wildman–Crippen MR) is 67.1 cm³/mol. The molecule has 1 N–H and O–H groups in total. The van der Waals surface area contributed by atoms with Crippen molar-refractivity contribution >= 4 is 5.91 Å². The third-order valence-corrected chi connectivity index (χ3v) is 2.38. The first-order valence-electron chi connectivity index (χ1n) is 5.61. The van der Waals surface area contributed by atoms with Crippen LogP contribution in [0.25, 0.3) is 0 Å². The Labute approximate surface area is 102 Å². The fraction of sp³-hybridized carbons (Fsp3) is 0.286. The van der Waals surface area contributed by atoms with Crippen LogP contribution in [0.15, 0.2) is 35.9 Å². The zero-order valence-electron chi connectivity index (χ0n) is 10.2. The number of nitrogens with zero attached hydrogens (tertiary/aromatic N) is 1. The standard InChI is InChI=1S/C14H16N2O/c1-3-5-11(2)14(17)16-10-13-7-4-6-12(8-13)9-15/h4-8H,3,10H2,1-2H3,(H,16,17)/b11-5-. The SMILES string of the molecule is CC/C=C(/C)C(=O)NCc1cccc(C#N)c1. The van der Waals surface area contributed by atoms with Crippen LogP contribution in [0.2, 0.25) is 0 Å². The van der Waals surface area contributed by atoms with E-state index in [2.05, 4.69) is 11.4 Å². The molecule has 3 nitrogen and oxygen atoms in total. The Hall–Kier alpha value is -2.08. The molecule has 0 fully saturated rings. The molecule has 0 saturated heterocycles. The van der Waals surface area contributed by atoms with Crippen molar-refractivity contribution in [2.24, 2.45) is 0 Å². The van der Waals surface area contributed by atoms with Crippen molar-refractivity contribution in [3.8, 4) is 6.07 Å². The van der Waals surface area contributed by atoms with Gasteiger partial charge in [-0.2, -0.15) is 5.26 Å². The number of carbonyl (C=O) groups is 1. The molecule has 1 rings (SSSR count). The van der Waals surface area contributed by atoms with Crippen LogP contribution in [0.4, 0.5) is 0 Å². The molecule has 0 radical (unpaired) electrons. The van der Waals surface area contributed by atoms with Gasteiger partial charge in [-0.3, -0.25) is 4.79 Å². The quantitative estimate of drug-likeness (QED) is 0.805. The van der Waals surface area contributed by atoms with E-state index in [9.17, 15) is 4.79 Å². The fourth-order valence-corrected chi connectivity index (χ4v) is 1.47. The summed E-state index contributed by atoms with van der Waals surface area (Å²) in [6.45, 7) is 4.24. The van der Waals surface area contributed by atoms with E-state index in [1.165, 1.54) is 0 Å². The van der Waals surface area contributed by atoms with E-state index >= 15 is 0 Å². The van der Waals surface area contributed by atoms with Crippen LogP contribution < -0.4 is 5.32 Å². The smallest absolute Gasteiger partial charge is 0.246 e. The van der Waals surface area contributed by atoms with E-state index in [1.54, 1.807) is 19.1 Å². The second-order valence-corrected chi connectivity index (χ2v) is 3.79. The number of carbonyl (C=O) groups excluding carboxylic acids is 1. The molecule has 1 aromatic carbocycles. The number of hydrogen-bond acceptors (Lipinski definition) is 2. The number of rotatable bonds is 4. The molecule has 1 aromatic rings. The summed E-state index contributed by atoms with van der Waals surface area (Å²) in [6, 6.07) is 9.30. The molecule has 0 aliphatic heterocycles. The lowest BCUT2D eigenvalue weighted by molar-refractivity contribution is -0.117. The zero-order chi connectivity index (χ0) is 12.7. The molecule has 3 heteroatoms. The van der Waals surface area contributed by atoms with Crippen LogP contribution in [0.5, 0.6) is 0 Å². The maximum atomic E-state index is 11.6. The minimum Gasteiger partial charge on any atom is -0.348 e. The molecular formula is C14H16N2O. The molecule has 0 bridgehead atoms. The van der Waals surface area contributed by atoms with E-state index in [0.29, 0.717) is 12.1 Å². The summed E-state index contributed by atoms with van der Waals surface area (Å²) in [5.74, 6) is -0.0609. The minimum atomic E-state index is -0.0609. The molecule has 17 heavy (non-hydrogen) atoms. The van der Waals surface area contributed by atoms with Gasteiger partial charge in [0.25, 0.3) is 0 Å². The van der Waals surface area contributed by atoms with Gasteiger partial charge in [-0.25, -0.2) is 0 Å². The maximum absolute atomic E-state index is 11.6. The lowest BCUT2D eigenvalue weighted by atomic mass is 10.1. The van der Waals surface area contributed by atoms with E-state index < -0.39 is 0 Å². The summed E-state index contributed by atoms with van der Waals surface area (Å²) < 4.78 is 0. The van der Waals surface area contributed by atoms with E-state index in [1.807, 2.05) is 25.1 Å². The van der Waals surface area contributed by atoms with Gasteiger partial charge in [0.05, 0.1) is 11.6 Å². The Bertz CT molecular complexity index is 469. The van der Waals surface area contributed by atoms with Gasteiger partial charge in [-0.05, 0) is 31.0 Å². The third kappa shape index (κ3) is 4.12. The largest absolute Gasteiger partial charge is 0.348 e. The number of hydrogen-bond donors (Lipinski definition) is 1. The maximum Gasteiger partial charge on any atom is 0.246 e. The number of allylic oxidation sites excluding steroid dienone is 1. The van der Waals surface area contributed by atoms with Crippen molar-refractivity contribution in [1.82, 2.24) is 5.32 Å². The van der Waals surface area contributed by atoms with E-state index in [0.717, 1.165) is 17.6 Å². The molecule has 0 aliphatic rings. The van der Waals surface area contributed by atoms with Crippen LogP contribution in [-0.2, 0) is 11.3 Å². The summed E-state index contributed by atoms with van der Waals surface area (Å²) in [4.78, 5) is 11.6. The molecule has 0 atom stereocenters. The second-order valence-electron chi connectivity index (χ2n) is 3.79. The first-order valence-corrected chi connectivity index (χ1v) is 5.61. The first-order chi connectivity index (χ1) is 8.17. The predicted octanol–water partition coefficient (Wildman–Crippen LogP) is 2.53. The Morgan fingerprint density at radius 2 is 2.29 bits per heavy atom. The molecule has 0 saturated carbocycles. The molecule has 1 amide bonds. The third-order valence-electron chi connectivity index (χ3n) is 2.38. The van der Waals surface area contributed by atoms with Gasteiger partial charge in [-0.15, -0.1) is 0 Å². The number of benzene rings is 1. The highest BCUT2D eigenvalue weighted by atomic mass is 16.1. The first kappa shape index (κ1) is 13.0. The lowest BCUT2D eigenvalue weighted by Gasteiger charge is -2.05. The van der Waals surface area contributed by atoms with Crippen LogP contribution in [-0.4, -0.2) is 5.91 Å². The molecule has 88 valence electrons. The van der Waals surface area contributed by atoms with Crippen LogP contribution in [0, 0.1) is 11.3 Å². The number of nitrogens with one attached hydrogen (secondary N) is 1. The summed E-state index contributed by atoms with van der Waals surface area (Å²) in [5.41, 5.74) is 2.27. The van der Waals surface area contributed by atoms with Crippen molar-refractivity contribution in [1.29, 1.82) is 5.26 Å². The molecule has 0 spiro atoms. The molecule has 0 unspecified atom stereocenters. The van der Waals surface area contributed by atoms with Crippen molar-refractivity contribution in [2.45, 2.75) is 26.8 Å². The Morgan fingerprint density at radius 3 is 2.94 bits per heavy atom. The molecular weight excluding hydrogens is 212 g/mol. The Morgan fingerprint density at radius 1 is 1.53 bits per heavy atom. The average Bonchev–Trinajstić information content (AvgIpc) is 2.36. The number of amides is 1. The van der Waals surface area contributed by atoms with Crippen LogP contribution in [0.3, 0.4) is 0 Å². The van der Waals surface area contributed by atoms with Crippen molar-refractivity contribution in [3.05, 3.63) is 47.0 Å². The van der Waals surface area contributed by atoms with Gasteiger partial charge in [0.1, 0.15) is 0 Å². The highest BCUT2D eigenvalue weighted by Crippen LogP contribution is 2.04. The summed E-state index contributed by atoms with van der Waals surface area (Å²) in [5, 5.41) is 11.6. The highest BCUT2D eigenvalue weighted by Gasteiger charge is 2.03. The topological polar surface area (TPSA) is 52.9 Å². The zero-order valence-corrected chi connectivity index (χ0v) is 10.2. The summed E-state index contributed by atoms with van der Waals surface area (Å²) in [6.07, 6.45) is 2.74. The molecule has 0 heterocycles. The summed E-state index contributed by atoms with van der Waals surface area (Å²) in [7, 11) is 0. The Kier molecular flexibility index (Phi) is 4.96. The molecule has 0 aromatic heterocycles. The van der Waals surface area contributed by atoms with Gasteiger partial charge < -0.3 is 5.32 Å². The van der Waals surface area contributed by atoms with E-state index in [-0.39, 0.29) is 5.91 Å². The van der Waals surface area contributed by atoms with E-state index in [4.69, 9.17) is 5.26 Å². The second kappa shape index (κ2) is 6.49. The monoisotopic (exact) mass is 228 g/mol. The van der Waals surface area contributed by atoms with Crippen LogP contribution >= 0.6 is 0 Å². The Balaban J connectivity index is 2.59. The summed E-state index contributed by atoms with van der Waals surface area (Å²) >= 11 is 0. The van der Waals surface area contributed by atoms with Crippen molar-refractivity contribution in [2.75, 3.05) is 0 Å². The van der Waals surface area contributed by atoms with Crippen molar-refractivity contribution < 1.29 is 4.79 Å². The van der Waals surface area contributed by atoms with Crippen LogP contribution in [0.1, 0.15) is 31.4 Å². The van der Waals surface area contributed by atoms with Gasteiger partial charge in [0, 0.05) is 12.1 Å². The normalized spacial score (nSPS) is 10.8. The van der Waals surface area contributed by atoms with Gasteiger partial charge in [0.15, 0.2) is 0 Å². The minimum absolute atomic E-state index is 0.0609. The van der Waals surface area contributed by atoms with Gasteiger partial charge >= 0.3 is 0 Å². The average molecular weight is 228 g/mol. The lowest BCUT2D eigenvalue weighted by Crippen LogP contribution is -2.23. The fourth-order valence-electron chi connectivity index (χ4n) is 1.47.